The van der Waals surface area contributed by atoms with Crippen molar-refractivity contribution in [2.45, 2.75) is 26.7 Å². The van der Waals surface area contributed by atoms with E-state index in [4.69, 9.17) is 19.0 Å². The third-order valence-electron chi connectivity index (χ3n) is 2.61. The van der Waals surface area contributed by atoms with Crippen LogP contribution >= 0.6 is 7.60 Å². The van der Waals surface area contributed by atoms with Crippen molar-refractivity contribution >= 4 is 7.60 Å². The van der Waals surface area contributed by atoms with Crippen LogP contribution in [0.15, 0.2) is 23.2 Å². The molecule has 0 saturated heterocycles. The van der Waals surface area contributed by atoms with E-state index < -0.39 is 7.60 Å². The number of rotatable bonds is 8. The van der Waals surface area contributed by atoms with E-state index in [2.05, 4.69) is 0 Å². The van der Waals surface area contributed by atoms with Gasteiger partial charge in [-0.2, -0.15) is 5.26 Å². The molecule has 0 aromatic heterocycles. The SMILES string of the molecule is CCOP(=O)(CCOC1=C(C#N)C=C(F)CC1)OCC. The molecule has 0 amide bonds. The maximum absolute atomic E-state index is 13.0. The number of hydrogen-bond acceptors (Lipinski definition) is 5. The van der Waals surface area contributed by atoms with Crippen molar-refractivity contribution in [3.05, 3.63) is 23.2 Å². The van der Waals surface area contributed by atoms with Gasteiger partial charge >= 0.3 is 7.60 Å². The van der Waals surface area contributed by atoms with E-state index in [1.54, 1.807) is 13.8 Å². The summed E-state index contributed by atoms with van der Waals surface area (Å²) >= 11 is 0. The first kappa shape index (κ1) is 16.9. The second kappa shape index (κ2) is 8.21. The lowest BCUT2D eigenvalue weighted by Gasteiger charge is -2.19. The highest BCUT2D eigenvalue weighted by atomic mass is 31.2. The van der Waals surface area contributed by atoms with Crippen LogP contribution in [0, 0.1) is 11.3 Å². The zero-order valence-electron chi connectivity index (χ0n) is 11.7. The topological polar surface area (TPSA) is 68.5 Å². The van der Waals surface area contributed by atoms with Gasteiger partial charge in [0.2, 0.25) is 0 Å². The van der Waals surface area contributed by atoms with Crippen LogP contribution in [0.3, 0.4) is 0 Å². The van der Waals surface area contributed by atoms with E-state index in [0.29, 0.717) is 12.2 Å². The lowest BCUT2D eigenvalue weighted by atomic mass is 10.1. The Balaban J connectivity index is 2.59. The van der Waals surface area contributed by atoms with Gasteiger partial charge in [0.15, 0.2) is 0 Å². The van der Waals surface area contributed by atoms with Crippen molar-refractivity contribution in [2.75, 3.05) is 26.0 Å². The lowest BCUT2D eigenvalue weighted by molar-refractivity contribution is 0.187. The third-order valence-corrected chi connectivity index (χ3v) is 4.64. The first-order chi connectivity index (χ1) is 9.54. The van der Waals surface area contributed by atoms with E-state index in [-0.39, 0.29) is 43.8 Å². The molecule has 0 unspecified atom stereocenters. The van der Waals surface area contributed by atoms with Gasteiger partial charge in [0, 0.05) is 12.8 Å². The molecule has 1 rings (SSSR count). The van der Waals surface area contributed by atoms with Crippen LogP contribution in [0.1, 0.15) is 26.7 Å². The minimum Gasteiger partial charge on any atom is -0.496 e. The van der Waals surface area contributed by atoms with Gasteiger partial charge in [-0.1, -0.05) is 0 Å². The highest BCUT2D eigenvalue weighted by Crippen LogP contribution is 2.47. The molecule has 0 aromatic carbocycles. The average Bonchev–Trinajstić information content (AvgIpc) is 2.41. The first-order valence-corrected chi connectivity index (χ1v) is 8.27. The second-order valence-corrected chi connectivity index (χ2v) is 6.24. The van der Waals surface area contributed by atoms with E-state index in [0.717, 1.165) is 0 Å². The molecule has 1 aliphatic carbocycles. The maximum atomic E-state index is 13.0. The Morgan fingerprint density at radius 2 is 2.00 bits per heavy atom. The summed E-state index contributed by atoms with van der Waals surface area (Å²) in [7, 11) is -3.15. The molecule has 1 aliphatic rings. The van der Waals surface area contributed by atoms with Gasteiger partial charge in [-0.15, -0.1) is 0 Å². The summed E-state index contributed by atoms with van der Waals surface area (Å²) in [5.41, 5.74) is 0.177. The summed E-state index contributed by atoms with van der Waals surface area (Å²) < 4.78 is 40.9. The van der Waals surface area contributed by atoms with Crippen molar-refractivity contribution in [2.24, 2.45) is 0 Å². The zero-order chi connectivity index (χ0) is 15.0. The molecule has 0 aromatic rings. The fraction of sp³-hybridized carbons (Fsp3) is 0.615. The quantitative estimate of drug-likeness (QED) is 0.640. The van der Waals surface area contributed by atoms with E-state index in [1.807, 2.05) is 6.07 Å². The lowest BCUT2D eigenvalue weighted by Crippen LogP contribution is -2.08. The minimum absolute atomic E-state index is 0.100. The van der Waals surface area contributed by atoms with Crippen LogP contribution in [-0.2, 0) is 18.3 Å². The van der Waals surface area contributed by atoms with Gasteiger partial charge in [-0.3, -0.25) is 4.57 Å². The first-order valence-electron chi connectivity index (χ1n) is 6.55. The monoisotopic (exact) mass is 303 g/mol. The molecule has 0 bridgehead atoms. The summed E-state index contributed by atoms with van der Waals surface area (Å²) in [4.78, 5) is 0. The predicted octanol–water partition coefficient (Wildman–Crippen LogP) is 3.69. The molecule has 0 radical (unpaired) electrons. The zero-order valence-corrected chi connectivity index (χ0v) is 12.6. The summed E-state index contributed by atoms with van der Waals surface area (Å²) in [6, 6.07) is 1.89. The Kier molecular flexibility index (Phi) is 6.94. The van der Waals surface area contributed by atoms with Gasteiger partial charge in [-0.05, 0) is 19.9 Å². The van der Waals surface area contributed by atoms with E-state index in [1.165, 1.54) is 6.08 Å². The molecule has 7 heteroatoms. The Labute approximate surface area is 118 Å². The Morgan fingerprint density at radius 3 is 2.55 bits per heavy atom. The Hall–Kier alpha value is -1.15. The molecule has 0 N–H and O–H groups in total. The largest absolute Gasteiger partial charge is 0.496 e. The number of ether oxygens (including phenoxy) is 1. The average molecular weight is 303 g/mol. The van der Waals surface area contributed by atoms with E-state index in [9.17, 15) is 8.96 Å². The van der Waals surface area contributed by atoms with Crippen LogP contribution in [0.4, 0.5) is 4.39 Å². The highest BCUT2D eigenvalue weighted by molar-refractivity contribution is 7.53. The minimum atomic E-state index is -3.15. The number of halogens is 1. The predicted molar refractivity (Wildman–Crippen MR) is 72.7 cm³/mol. The second-order valence-electron chi connectivity index (χ2n) is 4.06. The van der Waals surface area contributed by atoms with Gasteiger partial charge < -0.3 is 13.8 Å². The molecule has 20 heavy (non-hydrogen) atoms. The number of nitrogens with zero attached hydrogens (tertiary/aromatic N) is 1. The fourth-order valence-corrected chi connectivity index (χ4v) is 3.20. The highest BCUT2D eigenvalue weighted by Gasteiger charge is 2.24. The van der Waals surface area contributed by atoms with Crippen LogP contribution < -0.4 is 0 Å². The van der Waals surface area contributed by atoms with Gasteiger partial charge in [0.25, 0.3) is 0 Å². The van der Waals surface area contributed by atoms with Crippen molar-refractivity contribution in [1.82, 2.24) is 0 Å². The summed E-state index contributed by atoms with van der Waals surface area (Å²) in [5, 5.41) is 8.90. The molecule has 0 atom stereocenters. The smallest absolute Gasteiger partial charge is 0.334 e. The van der Waals surface area contributed by atoms with Crippen LogP contribution in [0.2, 0.25) is 0 Å². The summed E-state index contributed by atoms with van der Waals surface area (Å²) in [6.07, 6.45) is 1.82. The van der Waals surface area contributed by atoms with Crippen molar-refractivity contribution in [1.29, 1.82) is 5.26 Å². The van der Waals surface area contributed by atoms with Crippen molar-refractivity contribution in [3.63, 3.8) is 0 Å². The van der Waals surface area contributed by atoms with Crippen LogP contribution in [0.25, 0.3) is 0 Å². The number of hydrogen-bond donors (Lipinski definition) is 0. The maximum Gasteiger partial charge on any atom is 0.334 e. The number of allylic oxidation sites excluding steroid dienone is 4. The standard InChI is InChI=1S/C13H19FNO4P/c1-3-18-20(16,19-4-2)8-7-17-13-6-5-12(14)9-11(13)10-15/h9H,3-8H2,1-2H3. The van der Waals surface area contributed by atoms with E-state index >= 15 is 0 Å². The normalized spacial score (nSPS) is 15.8. The van der Waals surface area contributed by atoms with Gasteiger partial charge in [0.05, 0.1) is 31.6 Å². The third kappa shape index (κ3) is 5.09. The Bertz CT molecular complexity index is 471. The molecular formula is C13H19FNO4P. The molecule has 0 spiro atoms. The van der Waals surface area contributed by atoms with Crippen molar-refractivity contribution in [3.8, 4) is 6.07 Å². The Morgan fingerprint density at radius 1 is 1.35 bits per heavy atom. The summed E-state index contributed by atoms with van der Waals surface area (Å²) in [5.74, 6) is 0.0941. The van der Waals surface area contributed by atoms with Crippen LogP contribution in [0.5, 0.6) is 0 Å². The molecule has 0 aliphatic heterocycles. The molecular weight excluding hydrogens is 284 g/mol. The van der Waals surface area contributed by atoms with Gasteiger partial charge in [0.1, 0.15) is 17.7 Å². The molecule has 0 saturated carbocycles. The fourth-order valence-electron chi connectivity index (χ4n) is 1.76. The summed E-state index contributed by atoms with van der Waals surface area (Å²) in [6.45, 7) is 4.15. The molecule has 0 fully saturated rings. The molecule has 5 nitrogen and oxygen atoms in total. The van der Waals surface area contributed by atoms with Gasteiger partial charge in [-0.25, -0.2) is 4.39 Å². The molecule has 0 heterocycles. The van der Waals surface area contributed by atoms with Crippen molar-refractivity contribution < 1.29 is 22.7 Å². The number of nitriles is 1. The molecule has 112 valence electrons. The van der Waals surface area contributed by atoms with Crippen LogP contribution in [-0.4, -0.2) is 26.0 Å².